The number of hydrogen-bond acceptors (Lipinski definition) is 4. The smallest absolute Gasteiger partial charge is 0.121 e. The molecule has 0 aliphatic heterocycles. The maximum atomic E-state index is 5.64. The van der Waals surface area contributed by atoms with Gasteiger partial charge in [-0.05, 0) is 43.0 Å². The minimum Gasteiger partial charge on any atom is -0.341 e. The number of aryl methyl sites for hydroxylation is 1. The fraction of sp³-hybridized carbons (Fsp3) is 0.417. The van der Waals surface area contributed by atoms with E-state index in [0.29, 0.717) is 12.6 Å². The second kappa shape index (κ2) is 11.5. The molecule has 0 saturated heterocycles. The van der Waals surface area contributed by atoms with Gasteiger partial charge in [0.25, 0.3) is 0 Å². The topological polar surface area (TPSA) is 70.8 Å². The largest absolute Gasteiger partial charge is 0.341 e. The summed E-state index contributed by atoms with van der Waals surface area (Å²) in [5, 5.41) is 0. The van der Waals surface area contributed by atoms with Crippen molar-refractivity contribution in [2.45, 2.75) is 54.1 Å². The Kier molecular flexibility index (Phi) is 9.72. The van der Waals surface area contributed by atoms with Crippen LogP contribution in [0.2, 0.25) is 0 Å². The number of fused-ring (bicyclic) bond motifs is 2. The SMILES string of the molecule is C.C.C.NC/C=C/CN(Cc1nc2ccccc2[nH]1)C1CCCc2cccnc21. The Bertz CT molecular complexity index is 866. The predicted octanol–water partition coefficient (Wildman–Crippen LogP) is 5.26. The third-order valence-electron chi connectivity index (χ3n) is 5.04. The van der Waals surface area contributed by atoms with E-state index in [0.717, 1.165) is 42.8 Å². The molecule has 2 aromatic heterocycles. The van der Waals surface area contributed by atoms with Crippen LogP contribution in [0.25, 0.3) is 11.0 Å². The Morgan fingerprint density at radius 3 is 2.72 bits per heavy atom. The first-order valence-electron chi connectivity index (χ1n) is 9.31. The van der Waals surface area contributed by atoms with Crippen LogP contribution in [0.3, 0.4) is 0 Å². The minimum atomic E-state index is 0. The molecule has 4 rings (SSSR count). The summed E-state index contributed by atoms with van der Waals surface area (Å²) in [6.07, 6.45) is 9.53. The van der Waals surface area contributed by atoms with E-state index in [2.05, 4.69) is 28.1 Å². The number of para-hydroxylation sites is 2. The fourth-order valence-corrected chi connectivity index (χ4v) is 3.82. The van der Waals surface area contributed by atoms with E-state index in [1.54, 1.807) is 0 Å². The average Bonchev–Trinajstić information content (AvgIpc) is 3.09. The van der Waals surface area contributed by atoms with Crippen LogP contribution >= 0.6 is 0 Å². The number of pyridine rings is 1. The molecule has 3 N–H and O–H groups in total. The van der Waals surface area contributed by atoms with Crippen molar-refractivity contribution in [1.29, 1.82) is 0 Å². The van der Waals surface area contributed by atoms with Gasteiger partial charge in [0.2, 0.25) is 0 Å². The zero-order chi connectivity index (χ0) is 17.8. The first-order chi connectivity index (χ1) is 12.8. The van der Waals surface area contributed by atoms with Crippen molar-refractivity contribution in [2.24, 2.45) is 5.73 Å². The highest BCUT2D eigenvalue weighted by molar-refractivity contribution is 5.74. The van der Waals surface area contributed by atoms with Crippen molar-refractivity contribution in [2.75, 3.05) is 13.1 Å². The maximum absolute atomic E-state index is 5.64. The molecule has 29 heavy (non-hydrogen) atoms. The number of rotatable bonds is 6. The molecule has 1 aliphatic rings. The molecule has 0 saturated carbocycles. The molecule has 0 spiro atoms. The van der Waals surface area contributed by atoms with E-state index >= 15 is 0 Å². The highest BCUT2D eigenvalue weighted by Gasteiger charge is 2.27. The van der Waals surface area contributed by atoms with Crippen molar-refractivity contribution in [3.8, 4) is 0 Å². The van der Waals surface area contributed by atoms with Crippen LogP contribution in [0.5, 0.6) is 0 Å². The summed E-state index contributed by atoms with van der Waals surface area (Å²) in [5.41, 5.74) is 10.3. The molecule has 5 heteroatoms. The standard InChI is InChI=1S/C21H25N5.3CH4/c22-12-3-4-14-26(15-20-24-17-9-1-2-10-18(17)25-20)19-11-5-7-16-8-6-13-23-21(16)19;;;/h1-4,6,8-10,13,19H,5,7,11-12,14-15,22H2,(H,24,25);3*1H4/b4-3+;;;. The lowest BCUT2D eigenvalue weighted by atomic mass is 9.90. The summed E-state index contributed by atoms with van der Waals surface area (Å²) < 4.78 is 0. The zero-order valence-electron chi connectivity index (χ0n) is 14.9. The number of nitrogens with two attached hydrogens (primary N) is 1. The van der Waals surface area contributed by atoms with Gasteiger partial charge in [-0.3, -0.25) is 9.88 Å². The van der Waals surface area contributed by atoms with Gasteiger partial charge in [-0.15, -0.1) is 0 Å². The Hall–Kier alpha value is -2.50. The number of nitrogens with one attached hydrogen (secondary N) is 1. The van der Waals surface area contributed by atoms with Crippen molar-refractivity contribution < 1.29 is 0 Å². The third-order valence-corrected chi connectivity index (χ3v) is 5.04. The lowest BCUT2D eigenvalue weighted by Gasteiger charge is -2.33. The van der Waals surface area contributed by atoms with Crippen molar-refractivity contribution >= 4 is 11.0 Å². The van der Waals surface area contributed by atoms with E-state index in [-0.39, 0.29) is 22.3 Å². The van der Waals surface area contributed by atoms with Crippen molar-refractivity contribution in [3.63, 3.8) is 0 Å². The van der Waals surface area contributed by atoms with Gasteiger partial charge >= 0.3 is 0 Å². The molecule has 2 heterocycles. The van der Waals surface area contributed by atoms with E-state index in [4.69, 9.17) is 15.7 Å². The van der Waals surface area contributed by atoms with Gasteiger partial charge in [0.05, 0.1) is 29.3 Å². The van der Waals surface area contributed by atoms with Crippen LogP contribution in [-0.4, -0.2) is 32.9 Å². The first kappa shape index (κ1) is 24.5. The zero-order valence-corrected chi connectivity index (χ0v) is 14.9. The van der Waals surface area contributed by atoms with Gasteiger partial charge in [0, 0.05) is 19.3 Å². The molecule has 0 amide bonds. The Labute approximate surface area is 176 Å². The molecular formula is C24H37N5. The number of benzene rings is 1. The minimum absolute atomic E-state index is 0. The van der Waals surface area contributed by atoms with Crippen LogP contribution < -0.4 is 5.73 Å². The molecule has 1 aliphatic carbocycles. The van der Waals surface area contributed by atoms with Gasteiger partial charge in [-0.1, -0.05) is 52.6 Å². The summed E-state index contributed by atoms with van der Waals surface area (Å²) in [6.45, 7) is 2.18. The molecule has 1 unspecified atom stereocenters. The third kappa shape index (κ3) is 5.52. The maximum Gasteiger partial charge on any atom is 0.121 e. The van der Waals surface area contributed by atoms with Crippen LogP contribution in [-0.2, 0) is 13.0 Å². The molecule has 1 aromatic carbocycles. The van der Waals surface area contributed by atoms with Crippen LogP contribution in [0.15, 0.2) is 54.7 Å². The molecule has 3 aromatic rings. The highest BCUT2D eigenvalue weighted by Crippen LogP contribution is 2.33. The number of aromatic amines is 1. The molecule has 0 bridgehead atoms. The quantitative estimate of drug-likeness (QED) is 0.558. The summed E-state index contributed by atoms with van der Waals surface area (Å²) in [5.74, 6) is 0.996. The number of nitrogens with zero attached hydrogens (tertiary/aromatic N) is 3. The lowest BCUT2D eigenvalue weighted by Crippen LogP contribution is -2.32. The predicted molar refractivity (Wildman–Crippen MR) is 125 cm³/mol. The van der Waals surface area contributed by atoms with Gasteiger partial charge in [0.1, 0.15) is 5.82 Å². The molecule has 0 fully saturated rings. The Balaban J connectivity index is 0.00000140. The summed E-state index contributed by atoms with van der Waals surface area (Å²) >= 11 is 0. The fourth-order valence-electron chi connectivity index (χ4n) is 3.82. The summed E-state index contributed by atoms with van der Waals surface area (Å²) in [7, 11) is 0. The van der Waals surface area contributed by atoms with Crippen LogP contribution in [0, 0.1) is 0 Å². The van der Waals surface area contributed by atoms with Gasteiger partial charge in [0.15, 0.2) is 0 Å². The van der Waals surface area contributed by atoms with Crippen LogP contribution in [0.1, 0.15) is 58.2 Å². The van der Waals surface area contributed by atoms with Crippen molar-refractivity contribution in [1.82, 2.24) is 19.9 Å². The molecule has 5 nitrogen and oxygen atoms in total. The summed E-state index contributed by atoms with van der Waals surface area (Å²) in [6, 6.07) is 12.7. The van der Waals surface area contributed by atoms with Crippen molar-refractivity contribution in [3.05, 3.63) is 71.8 Å². The van der Waals surface area contributed by atoms with E-state index in [9.17, 15) is 0 Å². The van der Waals surface area contributed by atoms with Gasteiger partial charge in [-0.2, -0.15) is 0 Å². The number of aromatic nitrogens is 3. The normalized spacial score (nSPS) is 15.4. The molecular weight excluding hydrogens is 358 g/mol. The van der Waals surface area contributed by atoms with Gasteiger partial charge < -0.3 is 10.7 Å². The monoisotopic (exact) mass is 395 g/mol. The molecule has 1 atom stereocenters. The Morgan fingerprint density at radius 1 is 1.10 bits per heavy atom. The number of imidazole rings is 1. The van der Waals surface area contributed by atoms with Gasteiger partial charge in [-0.25, -0.2) is 4.98 Å². The van der Waals surface area contributed by atoms with E-state index < -0.39 is 0 Å². The molecule has 158 valence electrons. The summed E-state index contributed by atoms with van der Waals surface area (Å²) in [4.78, 5) is 15.4. The second-order valence-corrected chi connectivity index (χ2v) is 6.79. The molecule has 0 radical (unpaired) electrons. The second-order valence-electron chi connectivity index (χ2n) is 6.79. The van der Waals surface area contributed by atoms with E-state index in [1.165, 1.54) is 17.7 Å². The van der Waals surface area contributed by atoms with Crippen LogP contribution in [0.4, 0.5) is 0 Å². The average molecular weight is 396 g/mol. The lowest BCUT2D eigenvalue weighted by molar-refractivity contribution is 0.181. The number of hydrogen-bond donors (Lipinski definition) is 2. The first-order valence-corrected chi connectivity index (χ1v) is 9.31. The highest BCUT2D eigenvalue weighted by atomic mass is 15.2. The Morgan fingerprint density at radius 2 is 1.93 bits per heavy atom. The van der Waals surface area contributed by atoms with E-state index in [1.807, 2.05) is 36.5 Å². The number of H-pyrrole nitrogens is 1.